The van der Waals surface area contributed by atoms with Crippen molar-refractivity contribution in [2.45, 2.75) is 6.92 Å². The van der Waals surface area contributed by atoms with Gasteiger partial charge in [-0.25, -0.2) is 5.43 Å². The number of benzene rings is 1. The number of amides is 1. The van der Waals surface area contributed by atoms with Crippen LogP contribution in [0.5, 0.6) is 0 Å². The SMILES string of the molecule is Cc1cc(N(CCCl)CCCl)ccc1C=NNC(=O)c1ccncc1. The van der Waals surface area contributed by atoms with Crippen molar-refractivity contribution < 1.29 is 4.79 Å². The fourth-order valence-electron chi connectivity index (χ4n) is 2.30. The molecule has 1 aromatic carbocycles. The average molecular weight is 379 g/mol. The third kappa shape index (κ3) is 5.73. The molecule has 1 amide bonds. The number of nitrogens with one attached hydrogen (secondary N) is 1. The van der Waals surface area contributed by atoms with Crippen molar-refractivity contribution in [1.82, 2.24) is 10.4 Å². The summed E-state index contributed by atoms with van der Waals surface area (Å²) in [6, 6.07) is 9.28. The molecule has 0 atom stereocenters. The molecule has 0 aliphatic heterocycles. The van der Waals surface area contributed by atoms with Crippen LogP contribution in [0.2, 0.25) is 0 Å². The first-order valence-electron chi connectivity index (χ1n) is 7.86. The zero-order chi connectivity index (χ0) is 18.1. The zero-order valence-electron chi connectivity index (χ0n) is 14.0. The van der Waals surface area contributed by atoms with Gasteiger partial charge in [0.2, 0.25) is 0 Å². The Morgan fingerprint density at radius 1 is 1.20 bits per heavy atom. The Labute approximate surface area is 157 Å². The van der Waals surface area contributed by atoms with Gasteiger partial charge in [-0.2, -0.15) is 5.10 Å². The van der Waals surface area contributed by atoms with Crippen LogP contribution in [0.15, 0.2) is 47.8 Å². The average Bonchev–Trinajstić information content (AvgIpc) is 2.63. The number of nitrogens with zero attached hydrogens (tertiary/aromatic N) is 3. The quantitative estimate of drug-likeness (QED) is 0.434. The van der Waals surface area contributed by atoms with E-state index in [0.717, 1.165) is 29.9 Å². The molecule has 0 saturated heterocycles. The standard InChI is InChI=1S/C18H20Cl2N4O/c1-14-12-17(24(10-6-19)11-7-20)3-2-16(14)13-22-23-18(25)15-4-8-21-9-5-15/h2-5,8-9,12-13H,6-7,10-11H2,1H3,(H,23,25). The van der Waals surface area contributed by atoms with Crippen LogP contribution >= 0.6 is 23.2 Å². The molecule has 0 radical (unpaired) electrons. The monoisotopic (exact) mass is 378 g/mol. The van der Waals surface area contributed by atoms with Crippen molar-refractivity contribution in [3.63, 3.8) is 0 Å². The lowest BCUT2D eigenvalue weighted by atomic mass is 10.1. The fraction of sp³-hybridized carbons (Fsp3) is 0.278. The maximum absolute atomic E-state index is 11.9. The summed E-state index contributed by atoms with van der Waals surface area (Å²) in [6.07, 6.45) is 4.76. The number of carbonyl (C=O) groups excluding carboxylic acids is 1. The molecule has 25 heavy (non-hydrogen) atoms. The highest BCUT2D eigenvalue weighted by Gasteiger charge is 2.07. The molecule has 0 unspecified atom stereocenters. The van der Waals surface area contributed by atoms with Gasteiger partial charge in [-0.05, 0) is 42.3 Å². The second-order valence-electron chi connectivity index (χ2n) is 5.34. The highest BCUT2D eigenvalue weighted by atomic mass is 35.5. The van der Waals surface area contributed by atoms with Crippen molar-refractivity contribution in [2.24, 2.45) is 5.10 Å². The molecule has 5 nitrogen and oxygen atoms in total. The molecule has 2 rings (SSSR count). The minimum atomic E-state index is -0.275. The first kappa shape index (κ1) is 19.2. The maximum atomic E-state index is 11.9. The van der Waals surface area contributed by atoms with E-state index in [4.69, 9.17) is 23.2 Å². The van der Waals surface area contributed by atoms with Crippen LogP contribution in [0.3, 0.4) is 0 Å². The second kappa shape index (κ2) is 10.0. The summed E-state index contributed by atoms with van der Waals surface area (Å²) < 4.78 is 0. The number of pyridine rings is 1. The molecule has 0 spiro atoms. The molecule has 0 fully saturated rings. The Morgan fingerprint density at radius 2 is 1.88 bits per heavy atom. The van der Waals surface area contributed by atoms with Gasteiger partial charge in [0.1, 0.15) is 0 Å². The van der Waals surface area contributed by atoms with E-state index in [2.05, 4.69) is 26.5 Å². The summed E-state index contributed by atoms with van der Waals surface area (Å²) in [7, 11) is 0. The molecule has 1 heterocycles. The van der Waals surface area contributed by atoms with Gasteiger partial charge < -0.3 is 4.90 Å². The summed E-state index contributed by atoms with van der Waals surface area (Å²) in [5.41, 5.74) is 6.06. The van der Waals surface area contributed by atoms with Crippen molar-refractivity contribution in [1.29, 1.82) is 0 Å². The Hall–Kier alpha value is -2.11. The van der Waals surface area contributed by atoms with E-state index in [1.807, 2.05) is 19.1 Å². The van der Waals surface area contributed by atoms with E-state index in [0.29, 0.717) is 17.3 Å². The van der Waals surface area contributed by atoms with E-state index < -0.39 is 0 Å². The Morgan fingerprint density at radius 3 is 2.48 bits per heavy atom. The summed E-state index contributed by atoms with van der Waals surface area (Å²) in [6.45, 7) is 3.47. The van der Waals surface area contributed by atoms with Crippen LogP contribution in [-0.2, 0) is 0 Å². The normalized spacial score (nSPS) is 10.8. The topological polar surface area (TPSA) is 57.6 Å². The van der Waals surface area contributed by atoms with Crippen molar-refractivity contribution in [2.75, 3.05) is 29.7 Å². The Bertz CT molecular complexity index is 716. The van der Waals surface area contributed by atoms with Crippen LogP contribution < -0.4 is 10.3 Å². The molecular formula is C18H20Cl2N4O. The molecule has 1 N–H and O–H groups in total. The second-order valence-corrected chi connectivity index (χ2v) is 6.10. The predicted octanol–water partition coefficient (Wildman–Crippen LogP) is 3.44. The number of aromatic nitrogens is 1. The van der Waals surface area contributed by atoms with Gasteiger partial charge in [0, 0.05) is 48.5 Å². The van der Waals surface area contributed by atoms with Gasteiger partial charge in [-0.3, -0.25) is 9.78 Å². The molecule has 2 aromatic rings. The predicted molar refractivity (Wildman–Crippen MR) is 104 cm³/mol. The third-order valence-electron chi connectivity index (χ3n) is 3.64. The smallest absolute Gasteiger partial charge is 0.271 e. The lowest BCUT2D eigenvalue weighted by Gasteiger charge is -2.23. The van der Waals surface area contributed by atoms with E-state index in [9.17, 15) is 4.79 Å². The largest absolute Gasteiger partial charge is 0.369 e. The first-order chi connectivity index (χ1) is 12.2. The fourth-order valence-corrected chi connectivity index (χ4v) is 2.71. The number of carbonyl (C=O) groups is 1. The van der Waals surface area contributed by atoms with Crippen molar-refractivity contribution in [3.05, 3.63) is 59.4 Å². The van der Waals surface area contributed by atoms with Gasteiger partial charge >= 0.3 is 0 Å². The highest BCUT2D eigenvalue weighted by molar-refractivity contribution is 6.18. The number of hydrogen-bond donors (Lipinski definition) is 1. The van der Waals surface area contributed by atoms with E-state index in [1.54, 1.807) is 30.7 Å². The number of hydrazone groups is 1. The maximum Gasteiger partial charge on any atom is 0.271 e. The number of hydrogen-bond acceptors (Lipinski definition) is 4. The first-order valence-corrected chi connectivity index (χ1v) is 8.93. The minimum Gasteiger partial charge on any atom is -0.369 e. The zero-order valence-corrected chi connectivity index (χ0v) is 15.5. The third-order valence-corrected chi connectivity index (χ3v) is 3.98. The number of alkyl halides is 2. The number of rotatable bonds is 8. The van der Waals surface area contributed by atoms with Crippen LogP contribution in [0, 0.1) is 6.92 Å². The van der Waals surface area contributed by atoms with Crippen molar-refractivity contribution in [3.8, 4) is 0 Å². The van der Waals surface area contributed by atoms with E-state index in [1.165, 1.54) is 0 Å². The molecule has 0 aliphatic carbocycles. The Kier molecular flexibility index (Phi) is 7.70. The van der Waals surface area contributed by atoms with Crippen LogP contribution in [0.25, 0.3) is 0 Å². The molecule has 132 valence electrons. The number of halogens is 2. The molecule has 0 aliphatic rings. The lowest BCUT2D eigenvalue weighted by molar-refractivity contribution is 0.0955. The van der Waals surface area contributed by atoms with E-state index in [-0.39, 0.29) is 5.91 Å². The van der Waals surface area contributed by atoms with Gasteiger partial charge in [0.25, 0.3) is 5.91 Å². The summed E-state index contributed by atoms with van der Waals surface area (Å²) in [5, 5.41) is 4.03. The summed E-state index contributed by atoms with van der Waals surface area (Å²) in [4.78, 5) is 17.9. The van der Waals surface area contributed by atoms with Crippen molar-refractivity contribution >= 4 is 41.0 Å². The Balaban J connectivity index is 2.04. The van der Waals surface area contributed by atoms with Gasteiger partial charge in [-0.1, -0.05) is 6.07 Å². The minimum absolute atomic E-state index is 0.275. The number of anilines is 1. The summed E-state index contributed by atoms with van der Waals surface area (Å²) in [5.74, 6) is 0.809. The summed E-state index contributed by atoms with van der Waals surface area (Å²) >= 11 is 11.7. The molecular weight excluding hydrogens is 359 g/mol. The van der Waals surface area contributed by atoms with Gasteiger partial charge in [0.15, 0.2) is 0 Å². The molecule has 0 saturated carbocycles. The van der Waals surface area contributed by atoms with Crippen LogP contribution in [0.1, 0.15) is 21.5 Å². The van der Waals surface area contributed by atoms with Gasteiger partial charge in [-0.15, -0.1) is 23.2 Å². The number of aryl methyl sites for hydroxylation is 1. The van der Waals surface area contributed by atoms with Crippen LogP contribution in [0.4, 0.5) is 5.69 Å². The molecule has 7 heteroatoms. The molecule has 1 aromatic heterocycles. The highest BCUT2D eigenvalue weighted by Crippen LogP contribution is 2.18. The lowest BCUT2D eigenvalue weighted by Crippen LogP contribution is -2.27. The molecule has 0 bridgehead atoms. The van der Waals surface area contributed by atoms with Gasteiger partial charge in [0.05, 0.1) is 6.21 Å². The van der Waals surface area contributed by atoms with E-state index >= 15 is 0 Å². The van der Waals surface area contributed by atoms with Crippen LogP contribution in [-0.4, -0.2) is 42.0 Å².